The normalized spacial score (nSPS) is 16.1. The van der Waals surface area contributed by atoms with Crippen molar-refractivity contribution in [3.8, 4) is 0 Å². The molecule has 6 heteroatoms. The third-order valence-electron chi connectivity index (χ3n) is 5.77. The summed E-state index contributed by atoms with van der Waals surface area (Å²) >= 11 is 0. The molecular weight excluding hydrogens is 402 g/mol. The number of carbonyl (C=O) groups excluding carboxylic acids is 2. The number of hydrogen-bond donors (Lipinski definition) is 1. The highest BCUT2D eigenvalue weighted by Gasteiger charge is 2.30. The minimum absolute atomic E-state index is 0.0823. The Hall–Kier alpha value is -3.41. The second-order valence-corrected chi connectivity index (χ2v) is 8.42. The second kappa shape index (κ2) is 9.39. The first-order valence-corrected chi connectivity index (χ1v) is 11.2. The van der Waals surface area contributed by atoms with E-state index in [9.17, 15) is 9.59 Å². The van der Waals surface area contributed by atoms with Gasteiger partial charge in [-0.05, 0) is 69.0 Å². The van der Waals surface area contributed by atoms with Gasteiger partial charge < -0.3 is 15.0 Å². The van der Waals surface area contributed by atoms with E-state index in [1.807, 2.05) is 30.3 Å². The summed E-state index contributed by atoms with van der Waals surface area (Å²) in [4.78, 5) is 32.3. The summed E-state index contributed by atoms with van der Waals surface area (Å²) in [5.41, 5.74) is 4.59. The maximum absolute atomic E-state index is 13.6. The number of likely N-dealkylation sites (tertiary alicyclic amines) is 1. The van der Waals surface area contributed by atoms with E-state index in [-0.39, 0.29) is 17.8 Å². The van der Waals surface area contributed by atoms with Crippen molar-refractivity contribution in [1.82, 2.24) is 9.88 Å². The first kappa shape index (κ1) is 21.8. The summed E-state index contributed by atoms with van der Waals surface area (Å²) in [5, 5.41) is 4.17. The van der Waals surface area contributed by atoms with E-state index in [1.165, 1.54) is 0 Å². The molecular formula is C26H29N3O3. The lowest BCUT2D eigenvalue weighted by Crippen LogP contribution is -2.42. The quantitative estimate of drug-likeness (QED) is 0.575. The van der Waals surface area contributed by atoms with Crippen LogP contribution in [0, 0.1) is 19.8 Å². The molecule has 0 saturated carbocycles. The van der Waals surface area contributed by atoms with Gasteiger partial charge in [-0.3, -0.25) is 9.59 Å². The smallest absolute Gasteiger partial charge is 0.310 e. The Morgan fingerprint density at radius 1 is 1.12 bits per heavy atom. The number of anilines is 2. The number of aromatic nitrogens is 1. The third kappa shape index (κ3) is 4.74. The highest BCUT2D eigenvalue weighted by molar-refractivity contribution is 6.07. The Morgan fingerprint density at radius 3 is 2.62 bits per heavy atom. The van der Waals surface area contributed by atoms with Crippen LogP contribution < -0.4 is 5.32 Å². The lowest BCUT2D eigenvalue weighted by atomic mass is 9.97. The van der Waals surface area contributed by atoms with Crippen molar-refractivity contribution in [3.05, 3.63) is 65.2 Å². The van der Waals surface area contributed by atoms with Gasteiger partial charge in [-0.2, -0.15) is 0 Å². The number of piperidine rings is 1. The number of nitrogens with one attached hydrogen (secondary N) is 1. The zero-order valence-electron chi connectivity index (χ0n) is 18.9. The number of rotatable bonds is 5. The van der Waals surface area contributed by atoms with E-state index >= 15 is 0 Å². The second-order valence-electron chi connectivity index (χ2n) is 8.42. The highest BCUT2D eigenvalue weighted by atomic mass is 16.5. The highest BCUT2D eigenvalue weighted by Crippen LogP contribution is 2.27. The first-order chi connectivity index (χ1) is 15.4. The van der Waals surface area contributed by atoms with Crippen LogP contribution in [0.15, 0.2) is 48.5 Å². The summed E-state index contributed by atoms with van der Waals surface area (Å²) in [7, 11) is 0. The molecule has 0 radical (unpaired) electrons. The number of pyridine rings is 1. The third-order valence-corrected chi connectivity index (χ3v) is 5.77. The number of nitrogens with zero attached hydrogens (tertiary/aromatic N) is 2. The van der Waals surface area contributed by atoms with Crippen LogP contribution in [-0.2, 0) is 9.53 Å². The number of benzene rings is 2. The van der Waals surface area contributed by atoms with Gasteiger partial charge in [0.25, 0.3) is 5.91 Å². The van der Waals surface area contributed by atoms with Crippen LogP contribution in [0.1, 0.15) is 41.3 Å². The molecule has 1 aliphatic heterocycles. The molecule has 6 nitrogen and oxygen atoms in total. The summed E-state index contributed by atoms with van der Waals surface area (Å²) in [5.74, 6) is 0.0486. The van der Waals surface area contributed by atoms with Gasteiger partial charge in [0.1, 0.15) is 5.82 Å². The standard InChI is InChI=1S/C26H29N3O3/c1-4-32-26(31)19-8-7-11-29(16-19)25(30)22-15-24(28-23-10-6-5-9-21(22)23)27-20-13-17(2)12-18(3)14-20/h5-6,9-10,12-15,19H,4,7-8,11,16H2,1-3H3,(H,27,28). The van der Waals surface area contributed by atoms with Crippen LogP contribution in [0.2, 0.25) is 0 Å². The SMILES string of the molecule is CCOC(=O)C1CCCN(C(=O)c2cc(Nc3cc(C)cc(C)c3)nc3ccccc23)C1. The Bertz CT molecular complexity index is 1140. The van der Waals surface area contributed by atoms with E-state index in [4.69, 9.17) is 9.72 Å². The van der Waals surface area contributed by atoms with E-state index in [2.05, 4.69) is 37.4 Å². The molecule has 2 aromatic carbocycles. The Kier molecular flexibility index (Phi) is 6.40. The molecule has 1 unspecified atom stereocenters. The number of esters is 1. The fourth-order valence-corrected chi connectivity index (χ4v) is 4.40. The van der Waals surface area contributed by atoms with Crippen molar-refractivity contribution in [2.24, 2.45) is 5.92 Å². The van der Waals surface area contributed by atoms with Gasteiger partial charge in [-0.1, -0.05) is 24.3 Å². The topological polar surface area (TPSA) is 71.5 Å². The van der Waals surface area contributed by atoms with Crippen LogP contribution in [0.5, 0.6) is 0 Å². The number of ether oxygens (including phenoxy) is 1. The molecule has 1 aliphatic rings. The molecule has 1 atom stereocenters. The van der Waals surface area contributed by atoms with Gasteiger partial charge in [-0.15, -0.1) is 0 Å². The molecule has 1 saturated heterocycles. The molecule has 2 heterocycles. The predicted molar refractivity (Wildman–Crippen MR) is 126 cm³/mol. The summed E-state index contributed by atoms with van der Waals surface area (Å²) in [6.45, 7) is 7.27. The zero-order chi connectivity index (χ0) is 22.7. The number of aryl methyl sites for hydroxylation is 2. The molecule has 3 aromatic rings. The first-order valence-electron chi connectivity index (χ1n) is 11.2. The molecule has 166 valence electrons. The Morgan fingerprint density at radius 2 is 1.88 bits per heavy atom. The Balaban J connectivity index is 1.66. The van der Waals surface area contributed by atoms with Crippen molar-refractivity contribution >= 4 is 34.3 Å². The fraction of sp³-hybridized carbons (Fsp3) is 0.346. The van der Waals surface area contributed by atoms with Crippen molar-refractivity contribution in [2.75, 3.05) is 25.0 Å². The molecule has 0 bridgehead atoms. The number of carbonyl (C=O) groups is 2. The largest absolute Gasteiger partial charge is 0.466 e. The van der Waals surface area contributed by atoms with Gasteiger partial charge in [0, 0.05) is 24.2 Å². The molecule has 1 N–H and O–H groups in total. The molecule has 1 fully saturated rings. The van der Waals surface area contributed by atoms with Crippen molar-refractivity contribution in [3.63, 3.8) is 0 Å². The van der Waals surface area contributed by atoms with Crippen LogP contribution in [0.4, 0.5) is 11.5 Å². The number of amides is 1. The molecule has 4 rings (SSSR count). The van der Waals surface area contributed by atoms with E-state index in [0.29, 0.717) is 31.1 Å². The van der Waals surface area contributed by atoms with E-state index in [1.54, 1.807) is 11.8 Å². The monoisotopic (exact) mass is 431 g/mol. The average Bonchev–Trinajstić information content (AvgIpc) is 2.77. The molecule has 0 aliphatic carbocycles. The maximum Gasteiger partial charge on any atom is 0.310 e. The lowest BCUT2D eigenvalue weighted by Gasteiger charge is -2.32. The molecule has 0 spiro atoms. The number of hydrogen-bond acceptors (Lipinski definition) is 5. The maximum atomic E-state index is 13.6. The van der Waals surface area contributed by atoms with E-state index < -0.39 is 0 Å². The van der Waals surface area contributed by atoms with Crippen LogP contribution in [-0.4, -0.2) is 41.5 Å². The summed E-state index contributed by atoms with van der Waals surface area (Å²) < 4.78 is 5.19. The predicted octanol–water partition coefficient (Wildman–Crippen LogP) is 5.01. The number of fused-ring (bicyclic) bond motifs is 1. The lowest BCUT2D eigenvalue weighted by molar-refractivity contribution is -0.149. The summed E-state index contributed by atoms with van der Waals surface area (Å²) in [6.07, 6.45) is 1.53. The zero-order valence-corrected chi connectivity index (χ0v) is 18.9. The van der Waals surface area contributed by atoms with Crippen LogP contribution in [0.3, 0.4) is 0 Å². The summed E-state index contributed by atoms with van der Waals surface area (Å²) in [6, 6.07) is 15.7. The number of para-hydroxylation sites is 1. The van der Waals surface area contributed by atoms with Gasteiger partial charge in [-0.25, -0.2) is 4.98 Å². The van der Waals surface area contributed by atoms with Gasteiger partial charge in [0.05, 0.1) is 23.6 Å². The van der Waals surface area contributed by atoms with Gasteiger partial charge in [0.2, 0.25) is 0 Å². The van der Waals surface area contributed by atoms with E-state index in [0.717, 1.165) is 40.6 Å². The molecule has 1 amide bonds. The molecule has 1 aromatic heterocycles. The van der Waals surface area contributed by atoms with Crippen LogP contribution in [0.25, 0.3) is 10.9 Å². The molecule has 32 heavy (non-hydrogen) atoms. The van der Waals surface area contributed by atoms with Crippen molar-refractivity contribution in [1.29, 1.82) is 0 Å². The average molecular weight is 432 g/mol. The Labute approximate surface area is 188 Å². The van der Waals surface area contributed by atoms with Crippen molar-refractivity contribution in [2.45, 2.75) is 33.6 Å². The van der Waals surface area contributed by atoms with Crippen molar-refractivity contribution < 1.29 is 14.3 Å². The van der Waals surface area contributed by atoms with Gasteiger partial charge >= 0.3 is 5.97 Å². The van der Waals surface area contributed by atoms with Gasteiger partial charge in [0.15, 0.2) is 0 Å². The minimum Gasteiger partial charge on any atom is -0.466 e. The fourth-order valence-electron chi connectivity index (χ4n) is 4.40. The van der Waals surface area contributed by atoms with Crippen LogP contribution >= 0.6 is 0 Å². The minimum atomic E-state index is -0.270.